The van der Waals surface area contributed by atoms with Crippen molar-refractivity contribution in [1.82, 2.24) is 14.9 Å². The fourth-order valence-electron chi connectivity index (χ4n) is 4.52. The van der Waals surface area contributed by atoms with Crippen LogP contribution in [0.25, 0.3) is 11.1 Å². The molecule has 9 nitrogen and oxygen atoms in total. The number of hydrogen-bond donors (Lipinski definition) is 2. The Bertz CT molecular complexity index is 1380. The summed E-state index contributed by atoms with van der Waals surface area (Å²) in [7, 11) is 1.66. The van der Waals surface area contributed by atoms with Gasteiger partial charge in [-0.2, -0.15) is 4.98 Å². The van der Waals surface area contributed by atoms with E-state index in [1.54, 1.807) is 13.2 Å². The normalized spacial score (nSPS) is 14.6. The minimum atomic E-state index is -0.262. The number of aromatic nitrogens is 2. The van der Waals surface area contributed by atoms with Crippen LogP contribution in [0.2, 0.25) is 0 Å². The second-order valence-corrected chi connectivity index (χ2v) is 9.89. The first-order valence-electron chi connectivity index (χ1n) is 12.4. The molecule has 1 amide bonds. The van der Waals surface area contributed by atoms with Gasteiger partial charge in [0, 0.05) is 31.1 Å². The molecule has 0 atom stereocenters. The van der Waals surface area contributed by atoms with Crippen molar-refractivity contribution in [3.8, 4) is 11.5 Å². The van der Waals surface area contributed by atoms with Crippen LogP contribution in [0.15, 0.2) is 46.2 Å². The zero-order valence-electron chi connectivity index (χ0n) is 21.2. The minimum Gasteiger partial charge on any atom is -0.493 e. The molecule has 0 bridgehead atoms. The molecule has 2 aromatic carbocycles. The minimum absolute atomic E-state index is 0.245. The van der Waals surface area contributed by atoms with Crippen LogP contribution in [0.4, 0.5) is 11.1 Å². The van der Waals surface area contributed by atoms with Crippen molar-refractivity contribution in [3.05, 3.63) is 58.6 Å². The summed E-state index contributed by atoms with van der Waals surface area (Å²) in [6.07, 6.45) is 1.92. The first kappa shape index (κ1) is 25.0. The van der Waals surface area contributed by atoms with Gasteiger partial charge >= 0.3 is 0 Å². The van der Waals surface area contributed by atoms with Crippen molar-refractivity contribution in [1.29, 1.82) is 0 Å². The van der Waals surface area contributed by atoms with Crippen LogP contribution in [0.3, 0.4) is 0 Å². The van der Waals surface area contributed by atoms with E-state index in [9.17, 15) is 4.79 Å². The Kier molecular flexibility index (Phi) is 7.57. The Morgan fingerprint density at radius 1 is 1.19 bits per heavy atom. The zero-order chi connectivity index (χ0) is 25.8. The molecule has 5 rings (SSSR count). The summed E-state index contributed by atoms with van der Waals surface area (Å²) >= 11 is 1.39. The molecule has 194 valence electrons. The number of carbonyl (C=O) groups is 1. The van der Waals surface area contributed by atoms with Gasteiger partial charge in [-0.05, 0) is 56.5 Å². The molecule has 37 heavy (non-hydrogen) atoms. The smallest absolute Gasteiger partial charge is 0.295 e. The third-order valence-corrected chi connectivity index (χ3v) is 7.22. The summed E-state index contributed by atoms with van der Waals surface area (Å²) in [4.78, 5) is 24.2. The Morgan fingerprint density at radius 2 is 2.03 bits per heavy atom. The topological polar surface area (TPSA) is 102 Å². The van der Waals surface area contributed by atoms with Crippen LogP contribution >= 0.6 is 11.3 Å². The third-order valence-electron chi connectivity index (χ3n) is 6.35. The number of aryl methyl sites for hydroxylation is 1. The van der Waals surface area contributed by atoms with E-state index in [0.717, 1.165) is 49.7 Å². The second kappa shape index (κ2) is 11.2. The molecule has 1 aliphatic rings. The van der Waals surface area contributed by atoms with E-state index < -0.39 is 0 Å². The summed E-state index contributed by atoms with van der Waals surface area (Å²) in [6.45, 7) is 7.23. The van der Waals surface area contributed by atoms with Gasteiger partial charge in [-0.15, -0.1) is 11.3 Å². The maximum absolute atomic E-state index is 12.8. The number of ether oxygens (including phenoxy) is 2. The number of piperidine rings is 1. The first-order chi connectivity index (χ1) is 18.0. The predicted octanol–water partition coefficient (Wildman–Crippen LogP) is 5.33. The van der Waals surface area contributed by atoms with Crippen LogP contribution in [0, 0.1) is 6.92 Å². The van der Waals surface area contributed by atoms with E-state index in [4.69, 9.17) is 13.9 Å². The Balaban J connectivity index is 1.19. The molecule has 2 aromatic heterocycles. The number of rotatable bonds is 9. The van der Waals surface area contributed by atoms with Crippen LogP contribution in [-0.2, 0) is 6.54 Å². The molecule has 0 unspecified atom stereocenters. The van der Waals surface area contributed by atoms with Gasteiger partial charge in [0.15, 0.2) is 22.2 Å². The van der Waals surface area contributed by atoms with E-state index in [2.05, 4.69) is 37.6 Å². The summed E-state index contributed by atoms with van der Waals surface area (Å²) in [5, 5.41) is 8.73. The second-order valence-electron chi connectivity index (χ2n) is 9.03. The van der Waals surface area contributed by atoms with E-state index >= 15 is 0 Å². The van der Waals surface area contributed by atoms with Gasteiger partial charge < -0.3 is 19.2 Å². The van der Waals surface area contributed by atoms with Gasteiger partial charge in [-0.25, -0.2) is 4.98 Å². The highest BCUT2D eigenvalue weighted by Gasteiger charge is 2.22. The van der Waals surface area contributed by atoms with Gasteiger partial charge in [-0.1, -0.05) is 12.1 Å². The maximum atomic E-state index is 12.8. The van der Waals surface area contributed by atoms with Crippen molar-refractivity contribution >= 4 is 39.5 Å². The number of likely N-dealkylation sites (tertiary alicyclic amines) is 1. The highest BCUT2D eigenvalue weighted by molar-refractivity contribution is 7.13. The number of thiazole rings is 1. The van der Waals surface area contributed by atoms with Crippen molar-refractivity contribution in [2.24, 2.45) is 0 Å². The standard InChI is InChI=1S/C27H31N5O4S/c1-4-35-23-14-18(8-9-22(23)34-3)15-32-12-10-19(11-13-32)29-26-30-21-7-5-6-20(24(21)36-26)25(33)31-27-28-17(2)16-37-27/h5-9,14,16,19H,4,10-13,15H2,1-3H3,(H,29,30)(H,28,31,33). The van der Waals surface area contributed by atoms with Crippen molar-refractivity contribution < 1.29 is 18.7 Å². The van der Waals surface area contributed by atoms with Crippen molar-refractivity contribution in [2.45, 2.75) is 39.3 Å². The first-order valence-corrected chi connectivity index (χ1v) is 13.3. The predicted molar refractivity (Wildman–Crippen MR) is 145 cm³/mol. The molecule has 2 N–H and O–H groups in total. The number of nitrogens with zero attached hydrogens (tertiary/aromatic N) is 3. The largest absolute Gasteiger partial charge is 0.493 e. The fourth-order valence-corrected chi connectivity index (χ4v) is 5.20. The van der Waals surface area contributed by atoms with E-state index in [-0.39, 0.29) is 11.9 Å². The van der Waals surface area contributed by atoms with Crippen LogP contribution in [-0.4, -0.2) is 53.6 Å². The van der Waals surface area contributed by atoms with Gasteiger partial charge in [0.25, 0.3) is 11.9 Å². The number of amides is 1. The number of anilines is 2. The molecular formula is C27H31N5O4S. The Hall–Kier alpha value is -3.63. The lowest BCUT2D eigenvalue weighted by atomic mass is 10.0. The maximum Gasteiger partial charge on any atom is 0.295 e. The summed E-state index contributed by atoms with van der Waals surface area (Å²) in [6, 6.07) is 12.2. The summed E-state index contributed by atoms with van der Waals surface area (Å²) < 4.78 is 17.1. The molecule has 1 fully saturated rings. The number of hydrogen-bond acceptors (Lipinski definition) is 9. The summed E-state index contributed by atoms with van der Waals surface area (Å²) in [5.74, 6) is 1.28. The molecule has 0 saturated carbocycles. The van der Waals surface area contributed by atoms with E-state index in [1.807, 2.05) is 37.4 Å². The van der Waals surface area contributed by atoms with Crippen LogP contribution in [0.1, 0.15) is 41.4 Å². The quantitative estimate of drug-likeness (QED) is 0.305. The van der Waals surface area contributed by atoms with Gasteiger partial charge in [0.05, 0.1) is 25.0 Å². The summed E-state index contributed by atoms with van der Waals surface area (Å²) in [5.41, 5.74) is 3.63. The number of para-hydroxylation sites is 1. The van der Waals surface area contributed by atoms with Crippen molar-refractivity contribution in [3.63, 3.8) is 0 Å². The molecule has 0 radical (unpaired) electrons. The van der Waals surface area contributed by atoms with Gasteiger partial charge in [-0.3, -0.25) is 15.0 Å². The average molecular weight is 522 g/mol. The number of carbonyl (C=O) groups excluding carboxylic acids is 1. The SMILES string of the molecule is CCOc1cc(CN2CCC(Nc3nc4cccc(C(=O)Nc5nc(C)cs5)c4o3)CC2)ccc1OC. The number of oxazole rings is 1. The lowest BCUT2D eigenvalue weighted by molar-refractivity contribution is 0.102. The zero-order valence-corrected chi connectivity index (χ0v) is 22.1. The molecule has 1 aliphatic heterocycles. The molecule has 0 aliphatic carbocycles. The molecular weight excluding hydrogens is 490 g/mol. The fraction of sp³-hybridized carbons (Fsp3) is 0.370. The Labute approximate surface area is 219 Å². The molecule has 0 spiro atoms. The molecule has 3 heterocycles. The lowest BCUT2D eigenvalue weighted by Crippen LogP contribution is -2.38. The van der Waals surface area contributed by atoms with E-state index in [0.29, 0.717) is 34.4 Å². The number of nitrogens with one attached hydrogen (secondary N) is 2. The highest BCUT2D eigenvalue weighted by atomic mass is 32.1. The average Bonchev–Trinajstić information content (AvgIpc) is 3.50. The van der Waals surface area contributed by atoms with Crippen LogP contribution < -0.4 is 20.1 Å². The number of fused-ring (bicyclic) bond motifs is 1. The van der Waals surface area contributed by atoms with Gasteiger partial charge in [0.1, 0.15) is 5.52 Å². The van der Waals surface area contributed by atoms with Crippen molar-refractivity contribution in [2.75, 3.05) is 37.4 Å². The number of methoxy groups -OCH3 is 1. The highest BCUT2D eigenvalue weighted by Crippen LogP contribution is 2.30. The monoisotopic (exact) mass is 521 g/mol. The van der Waals surface area contributed by atoms with Crippen LogP contribution in [0.5, 0.6) is 11.5 Å². The molecule has 4 aromatic rings. The number of benzene rings is 2. The molecule has 1 saturated heterocycles. The Morgan fingerprint density at radius 3 is 2.76 bits per heavy atom. The lowest BCUT2D eigenvalue weighted by Gasteiger charge is -2.32. The van der Waals surface area contributed by atoms with E-state index in [1.165, 1.54) is 16.9 Å². The molecule has 10 heteroatoms. The third kappa shape index (κ3) is 5.86. The van der Waals surface area contributed by atoms with Gasteiger partial charge in [0.2, 0.25) is 0 Å².